The van der Waals surface area contributed by atoms with Gasteiger partial charge >= 0.3 is 5.82 Å². The topological polar surface area (TPSA) is 108 Å². The molecule has 0 unspecified atom stereocenters. The van der Waals surface area contributed by atoms with Crippen LogP contribution in [0.25, 0.3) is 0 Å². The van der Waals surface area contributed by atoms with Crippen LogP contribution in [0.4, 0.5) is 11.6 Å². The number of benzene rings is 1. The van der Waals surface area contributed by atoms with Crippen LogP contribution in [0.1, 0.15) is 5.56 Å². The van der Waals surface area contributed by atoms with Crippen LogP contribution in [0.3, 0.4) is 0 Å². The zero-order valence-electron chi connectivity index (χ0n) is 13.2. The predicted octanol–water partition coefficient (Wildman–Crippen LogP) is 2.98. The van der Waals surface area contributed by atoms with Gasteiger partial charge in [-0.1, -0.05) is 41.4 Å². The summed E-state index contributed by atoms with van der Waals surface area (Å²) >= 11 is 12.2. The average molecular weight is 395 g/mol. The van der Waals surface area contributed by atoms with Crippen LogP contribution in [0, 0.1) is 10.1 Å². The number of hydrogen-bond acceptors (Lipinski definition) is 5. The molecule has 2 heterocycles. The summed E-state index contributed by atoms with van der Waals surface area (Å²) in [4.78, 5) is 22.0. The van der Waals surface area contributed by atoms with Gasteiger partial charge in [-0.2, -0.15) is 9.78 Å². The number of nitrogens with one attached hydrogen (secondary N) is 1. The van der Waals surface area contributed by atoms with Crippen molar-refractivity contribution in [2.24, 2.45) is 0 Å². The first kappa shape index (κ1) is 17.9. The van der Waals surface area contributed by atoms with Crippen LogP contribution >= 0.6 is 23.2 Å². The molecule has 2 aromatic heterocycles. The van der Waals surface area contributed by atoms with E-state index in [4.69, 9.17) is 23.2 Å². The normalized spacial score (nSPS) is 10.7. The molecule has 3 rings (SSSR count). The molecule has 11 heteroatoms. The van der Waals surface area contributed by atoms with Gasteiger partial charge in [-0.3, -0.25) is 9.48 Å². The number of anilines is 1. The van der Waals surface area contributed by atoms with Gasteiger partial charge in [-0.25, -0.2) is 0 Å². The number of nitrogens with zero attached hydrogens (tertiary/aromatic N) is 5. The van der Waals surface area contributed by atoms with Crippen molar-refractivity contribution in [3.8, 4) is 0 Å². The SMILES string of the molecule is O=C(Cn1ccc([N+](=O)[O-])n1)Nc1nn(Cc2ccccc2Cl)cc1Cl. The second kappa shape index (κ2) is 7.54. The van der Waals surface area contributed by atoms with Crippen LogP contribution in [-0.4, -0.2) is 30.4 Å². The smallest absolute Gasteiger partial charge is 0.358 e. The first-order valence-corrected chi connectivity index (χ1v) is 8.12. The van der Waals surface area contributed by atoms with Gasteiger partial charge in [0.2, 0.25) is 5.91 Å². The molecule has 0 saturated heterocycles. The van der Waals surface area contributed by atoms with E-state index in [1.807, 2.05) is 18.2 Å². The number of hydrogen-bond donors (Lipinski definition) is 1. The third kappa shape index (κ3) is 4.19. The quantitative estimate of drug-likeness (QED) is 0.510. The molecule has 1 aromatic carbocycles. The molecule has 0 bridgehead atoms. The zero-order chi connectivity index (χ0) is 18.7. The Morgan fingerprint density at radius 3 is 2.62 bits per heavy atom. The fraction of sp³-hybridized carbons (Fsp3) is 0.133. The molecular weight excluding hydrogens is 383 g/mol. The Labute approximate surface area is 157 Å². The fourth-order valence-corrected chi connectivity index (χ4v) is 2.61. The van der Waals surface area contributed by atoms with Crippen molar-refractivity contribution < 1.29 is 9.72 Å². The van der Waals surface area contributed by atoms with E-state index in [0.717, 1.165) is 10.2 Å². The molecule has 26 heavy (non-hydrogen) atoms. The van der Waals surface area contributed by atoms with E-state index in [9.17, 15) is 14.9 Å². The lowest BCUT2D eigenvalue weighted by molar-refractivity contribution is -0.389. The Balaban J connectivity index is 1.66. The molecule has 134 valence electrons. The lowest BCUT2D eigenvalue weighted by atomic mass is 10.2. The Morgan fingerprint density at radius 1 is 1.15 bits per heavy atom. The second-order valence-electron chi connectivity index (χ2n) is 5.29. The average Bonchev–Trinajstić information content (AvgIpc) is 3.17. The summed E-state index contributed by atoms with van der Waals surface area (Å²) in [5.41, 5.74) is 0.857. The third-order valence-corrected chi connectivity index (χ3v) is 4.03. The van der Waals surface area contributed by atoms with Crippen molar-refractivity contribution in [2.45, 2.75) is 13.1 Å². The molecule has 0 aliphatic carbocycles. The number of amides is 1. The van der Waals surface area contributed by atoms with E-state index in [-0.39, 0.29) is 23.2 Å². The monoisotopic (exact) mass is 394 g/mol. The van der Waals surface area contributed by atoms with Gasteiger partial charge in [0.25, 0.3) is 0 Å². The van der Waals surface area contributed by atoms with Crippen LogP contribution in [0.2, 0.25) is 10.0 Å². The van der Waals surface area contributed by atoms with Crippen LogP contribution in [-0.2, 0) is 17.9 Å². The minimum Gasteiger partial charge on any atom is -0.358 e. The van der Waals surface area contributed by atoms with Crippen molar-refractivity contribution in [1.82, 2.24) is 19.6 Å². The number of carbonyl (C=O) groups excluding carboxylic acids is 1. The van der Waals surface area contributed by atoms with Crippen molar-refractivity contribution in [1.29, 1.82) is 0 Å². The van der Waals surface area contributed by atoms with E-state index in [1.165, 1.54) is 12.3 Å². The summed E-state index contributed by atoms with van der Waals surface area (Å²) in [5.74, 6) is -0.613. The minimum atomic E-state index is -0.637. The summed E-state index contributed by atoms with van der Waals surface area (Å²) in [7, 11) is 0. The molecule has 1 N–H and O–H groups in total. The van der Waals surface area contributed by atoms with Crippen molar-refractivity contribution in [3.05, 3.63) is 68.4 Å². The minimum absolute atomic E-state index is 0.186. The maximum atomic E-state index is 12.1. The molecule has 3 aromatic rings. The van der Waals surface area contributed by atoms with Gasteiger partial charge in [0.15, 0.2) is 5.82 Å². The number of halogens is 2. The number of carbonyl (C=O) groups is 1. The van der Waals surface area contributed by atoms with Crippen LogP contribution in [0.15, 0.2) is 42.7 Å². The number of rotatable bonds is 6. The molecule has 0 fully saturated rings. The first-order chi connectivity index (χ1) is 12.4. The fourth-order valence-electron chi connectivity index (χ4n) is 2.22. The molecular formula is C15H12Cl2N6O3. The van der Waals surface area contributed by atoms with Crippen molar-refractivity contribution >= 4 is 40.7 Å². The summed E-state index contributed by atoms with van der Waals surface area (Å²) in [6.45, 7) is 0.183. The molecule has 0 spiro atoms. The van der Waals surface area contributed by atoms with E-state index in [2.05, 4.69) is 15.5 Å². The Hall–Kier alpha value is -2.91. The molecule has 9 nitrogen and oxygen atoms in total. The third-order valence-electron chi connectivity index (χ3n) is 3.38. The summed E-state index contributed by atoms with van der Waals surface area (Å²) < 4.78 is 2.71. The molecule has 0 saturated carbocycles. The van der Waals surface area contributed by atoms with Crippen LogP contribution in [0.5, 0.6) is 0 Å². The van der Waals surface area contributed by atoms with Gasteiger partial charge in [-0.05, 0) is 16.6 Å². The number of nitro groups is 1. The van der Waals surface area contributed by atoms with Crippen molar-refractivity contribution in [3.63, 3.8) is 0 Å². The zero-order valence-corrected chi connectivity index (χ0v) is 14.7. The lowest BCUT2D eigenvalue weighted by Crippen LogP contribution is -2.19. The molecule has 0 aliphatic heterocycles. The summed E-state index contributed by atoms with van der Waals surface area (Å²) in [5, 5.41) is 21.9. The van der Waals surface area contributed by atoms with Gasteiger partial charge in [0.05, 0.1) is 23.9 Å². The summed E-state index contributed by atoms with van der Waals surface area (Å²) in [6.07, 6.45) is 2.91. The van der Waals surface area contributed by atoms with Gasteiger partial charge < -0.3 is 15.4 Å². The molecule has 0 radical (unpaired) electrons. The highest BCUT2D eigenvalue weighted by Crippen LogP contribution is 2.22. The van der Waals surface area contributed by atoms with Gasteiger partial charge in [0, 0.05) is 11.2 Å². The standard InChI is InChI=1S/C15H12Cl2N6O3/c16-11-4-2-1-3-10(11)7-22-8-12(17)15(20-22)18-14(24)9-21-6-5-13(19-21)23(25)26/h1-6,8H,7,9H2,(H,18,20,24). The Bertz CT molecular complexity index is 968. The highest BCUT2D eigenvalue weighted by molar-refractivity contribution is 6.33. The van der Waals surface area contributed by atoms with E-state index < -0.39 is 10.8 Å². The van der Waals surface area contributed by atoms with E-state index >= 15 is 0 Å². The molecule has 0 aliphatic rings. The molecule has 0 atom stereocenters. The Kier molecular flexibility index (Phi) is 5.19. The van der Waals surface area contributed by atoms with E-state index in [0.29, 0.717) is 11.6 Å². The molecule has 1 amide bonds. The van der Waals surface area contributed by atoms with E-state index in [1.54, 1.807) is 16.9 Å². The highest BCUT2D eigenvalue weighted by Gasteiger charge is 2.16. The van der Waals surface area contributed by atoms with Crippen LogP contribution < -0.4 is 5.32 Å². The first-order valence-electron chi connectivity index (χ1n) is 7.36. The number of aromatic nitrogens is 4. The lowest BCUT2D eigenvalue weighted by Gasteiger charge is -2.04. The second-order valence-corrected chi connectivity index (χ2v) is 6.11. The van der Waals surface area contributed by atoms with Gasteiger partial charge in [-0.15, -0.1) is 0 Å². The van der Waals surface area contributed by atoms with Crippen molar-refractivity contribution in [2.75, 3.05) is 5.32 Å². The predicted molar refractivity (Wildman–Crippen MR) is 95.3 cm³/mol. The highest BCUT2D eigenvalue weighted by atomic mass is 35.5. The maximum absolute atomic E-state index is 12.1. The summed E-state index contributed by atoms with van der Waals surface area (Å²) in [6, 6.07) is 8.53. The van der Waals surface area contributed by atoms with Gasteiger partial charge in [0.1, 0.15) is 11.6 Å². The Morgan fingerprint density at radius 2 is 1.92 bits per heavy atom. The largest absolute Gasteiger partial charge is 0.389 e. The maximum Gasteiger partial charge on any atom is 0.389 e.